The van der Waals surface area contributed by atoms with Gasteiger partial charge in [0.15, 0.2) is 5.69 Å². The monoisotopic (exact) mass is 481 g/mol. The Hall–Kier alpha value is -3.72. The van der Waals surface area contributed by atoms with Crippen LogP contribution in [-0.2, 0) is 29.3 Å². The summed E-state index contributed by atoms with van der Waals surface area (Å²) in [6, 6.07) is 16.8. The first-order valence-corrected chi connectivity index (χ1v) is 11.6. The minimum Gasteiger partial charge on any atom is -0.476 e. The van der Waals surface area contributed by atoms with Gasteiger partial charge in [-0.05, 0) is 36.1 Å². The molecule has 3 aromatic rings. The fourth-order valence-corrected chi connectivity index (χ4v) is 4.10. The standard InChI is InChI=1S/C26H28FN3O5/c27-20-12-10-19(11-13-20)17-35-25-14-22(26(32)33)29-30(25)15-24(31)28-21-8-4-5-9-23(21)34-16-18-6-2-1-3-7-18/h1-3,6-7,10-14,21,23H,4-5,8-9,15-17H2,(H,28,31)(H,32,33)/t21-,23-/m0/s1. The zero-order valence-corrected chi connectivity index (χ0v) is 19.2. The number of amides is 1. The molecule has 1 fully saturated rings. The number of nitrogens with one attached hydrogen (secondary N) is 1. The molecule has 2 atom stereocenters. The lowest BCUT2D eigenvalue weighted by molar-refractivity contribution is -0.124. The molecule has 4 rings (SSSR count). The minimum atomic E-state index is -1.22. The highest BCUT2D eigenvalue weighted by Gasteiger charge is 2.28. The van der Waals surface area contributed by atoms with Gasteiger partial charge in [0, 0.05) is 6.07 Å². The Morgan fingerprint density at radius 2 is 1.74 bits per heavy atom. The second-order valence-electron chi connectivity index (χ2n) is 8.54. The van der Waals surface area contributed by atoms with Crippen LogP contribution in [0.5, 0.6) is 5.88 Å². The number of halogens is 1. The molecule has 1 saturated carbocycles. The van der Waals surface area contributed by atoms with Crippen LogP contribution >= 0.6 is 0 Å². The first-order valence-electron chi connectivity index (χ1n) is 11.6. The highest BCUT2D eigenvalue weighted by molar-refractivity contribution is 5.85. The second-order valence-corrected chi connectivity index (χ2v) is 8.54. The molecule has 0 bridgehead atoms. The van der Waals surface area contributed by atoms with Crippen molar-refractivity contribution in [3.05, 3.63) is 83.3 Å². The predicted octanol–water partition coefficient (Wildman–Crippen LogP) is 3.94. The van der Waals surface area contributed by atoms with E-state index in [4.69, 9.17) is 9.47 Å². The smallest absolute Gasteiger partial charge is 0.356 e. The number of carbonyl (C=O) groups excluding carboxylic acids is 1. The summed E-state index contributed by atoms with van der Waals surface area (Å²) in [6.45, 7) is 0.346. The third kappa shape index (κ3) is 6.89. The summed E-state index contributed by atoms with van der Waals surface area (Å²) in [5, 5.41) is 16.4. The van der Waals surface area contributed by atoms with E-state index in [9.17, 15) is 19.1 Å². The molecule has 0 aliphatic heterocycles. The third-order valence-electron chi connectivity index (χ3n) is 5.91. The molecule has 9 heteroatoms. The third-order valence-corrected chi connectivity index (χ3v) is 5.91. The number of hydrogen-bond acceptors (Lipinski definition) is 5. The summed E-state index contributed by atoms with van der Waals surface area (Å²) in [5.74, 6) is -1.76. The van der Waals surface area contributed by atoms with E-state index < -0.39 is 5.97 Å². The SMILES string of the molecule is O=C(Cn1nc(C(=O)O)cc1OCc1ccc(F)cc1)N[C@H]1CCCC[C@@H]1OCc1ccccc1. The van der Waals surface area contributed by atoms with Gasteiger partial charge in [0.05, 0.1) is 18.8 Å². The average Bonchev–Trinajstić information content (AvgIpc) is 3.26. The number of nitrogens with zero attached hydrogens (tertiary/aromatic N) is 2. The molecule has 35 heavy (non-hydrogen) atoms. The maximum Gasteiger partial charge on any atom is 0.356 e. The summed E-state index contributed by atoms with van der Waals surface area (Å²) >= 11 is 0. The number of ether oxygens (including phenoxy) is 2. The predicted molar refractivity (Wildman–Crippen MR) is 125 cm³/mol. The molecule has 0 unspecified atom stereocenters. The molecular formula is C26H28FN3O5. The Kier molecular flexibility index (Phi) is 8.10. The van der Waals surface area contributed by atoms with E-state index in [0.717, 1.165) is 31.2 Å². The van der Waals surface area contributed by atoms with Gasteiger partial charge in [-0.15, -0.1) is 0 Å². The van der Waals surface area contributed by atoms with E-state index >= 15 is 0 Å². The zero-order chi connectivity index (χ0) is 24.6. The second kappa shape index (κ2) is 11.6. The van der Waals surface area contributed by atoms with Crippen molar-refractivity contribution in [3.8, 4) is 5.88 Å². The molecule has 1 heterocycles. The van der Waals surface area contributed by atoms with Crippen molar-refractivity contribution >= 4 is 11.9 Å². The van der Waals surface area contributed by atoms with Gasteiger partial charge in [0.1, 0.15) is 19.0 Å². The van der Waals surface area contributed by atoms with Crippen LogP contribution in [0.4, 0.5) is 4.39 Å². The Bertz CT molecular complexity index is 1130. The molecule has 2 aromatic carbocycles. The van der Waals surface area contributed by atoms with Crippen molar-refractivity contribution < 1.29 is 28.6 Å². The molecule has 0 radical (unpaired) electrons. The van der Waals surface area contributed by atoms with E-state index in [-0.39, 0.29) is 48.6 Å². The maximum atomic E-state index is 13.1. The van der Waals surface area contributed by atoms with Crippen LogP contribution in [-0.4, -0.2) is 38.9 Å². The molecule has 1 aliphatic rings. The van der Waals surface area contributed by atoms with Gasteiger partial charge in [-0.25, -0.2) is 13.9 Å². The summed E-state index contributed by atoms with van der Waals surface area (Å²) in [7, 11) is 0. The highest BCUT2D eigenvalue weighted by atomic mass is 19.1. The van der Waals surface area contributed by atoms with Gasteiger partial charge in [-0.2, -0.15) is 5.10 Å². The number of carboxylic acid groups (broad SMARTS) is 1. The fraction of sp³-hybridized carbons (Fsp3) is 0.346. The van der Waals surface area contributed by atoms with Gasteiger partial charge >= 0.3 is 5.97 Å². The highest BCUT2D eigenvalue weighted by Crippen LogP contribution is 2.23. The van der Waals surface area contributed by atoms with Crippen molar-refractivity contribution in [1.82, 2.24) is 15.1 Å². The quantitative estimate of drug-likeness (QED) is 0.455. The Labute approximate surface area is 202 Å². The first-order chi connectivity index (χ1) is 17.0. The lowest BCUT2D eigenvalue weighted by Crippen LogP contribution is -2.47. The Morgan fingerprint density at radius 1 is 1.03 bits per heavy atom. The van der Waals surface area contributed by atoms with Crippen LogP contribution in [0.3, 0.4) is 0 Å². The molecular weight excluding hydrogens is 453 g/mol. The van der Waals surface area contributed by atoms with E-state index in [1.807, 2.05) is 30.3 Å². The molecule has 1 aromatic heterocycles. The molecule has 0 saturated heterocycles. The van der Waals surface area contributed by atoms with Crippen LogP contribution in [0.2, 0.25) is 0 Å². The number of benzene rings is 2. The number of aromatic nitrogens is 2. The van der Waals surface area contributed by atoms with Crippen molar-refractivity contribution in [2.75, 3.05) is 0 Å². The summed E-state index contributed by atoms with van der Waals surface area (Å²) in [6.07, 6.45) is 3.59. The first kappa shape index (κ1) is 24.4. The van der Waals surface area contributed by atoms with Crippen molar-refractivity contribution in [1.29, 1.82) is 0 Å². The summed E-state index contributed by atoms with van der Waals surface area (Å²) in [5.41, 5.74) is 1.54. The van der Waals surface area contributed by atoms with Crippen molar-refractivity contribution in [3.63, 3.8) is 0 Å². The number of hydrogen-bond donors (Lipinski definition) is 2. The largest absolute Gasteiger partial charge is 0.476 e. The number of aromatic carboxylic acids is 1. The average molecular weight is 482 g/mol. The van der Waals surface area contributed by atoms with E-state index in [2.05, 4.69) is 10.4 Å². The minimum absolute atomic E-state index is 0.0741. The summed E-state index contributed by atoms with van der Waals surface area (Å²) in [4.78, 5) is 24.3. The summed E-state index contributed by atoms with van der Waals surface area (Å²) < 4.78 is 26.2. The zero-order valence-electron chi connectivity index (χ0n) is 19.2. The van der Waals surface area contributed by atoms with Crippen LogP contribution in [0, 0.1) is 5.82 Å². The van der Waals surface area contributed by atoms with E-state index in [0.29, 0.717) is 12.2 Å². The lowest BCUT2D eigenvalue weighted by atomic mass is 9.92. The van der Waals surface area contributed by atoms with E-state index in [1.165, 1.54) is 22.9 Å². The normalized spacial score (nSPS) is 17.6. The van der Waals surface area contributed by atoms with Crippen molar-refractivity contribution in [2.24, 2.45) is 0 Å². The van der Waals surface area contributed by atoms with Gasteiger partial charge in [0.2, 0.25) is 11.8 Å². The van der Waals surface area contributed by atoms with Crippen LogP contribution < -0.4 is 10.1 Å². The van der Waals surface area contributed by atoms with E-state index in [1.54, 1.807) is 12.1 Å². The molecule has 1 aliphatic carbocycles. The molecule has 184 valence electrons. The molecule has 2 N–H and O–H groups in total. The molecule has 8 nitrogen and oxygen atoms in total. The van der Waals surface area contributed by atoms with Crippen LogP contribution in [0.1, 0.15) is 47.3 Å². The Morgan fingerprint density at radius 3 is 2.49 bits per heavy atom. The van der Waals surface area contributed by atoms with Crippen LogP contribution in [0.15, 0.2) is 60.7 Å². The number of rotatable bonds is 10. The van der Waals surface area contributed by atoms with Gasteiger partial charge in [-0.1, -0.05) is 55.3 Å². The Balaban J connectivity index is 1.38. The van der Waals surface area contributed by atoms with Crippen LogP contribution in [0.25, 0.3) is 0 Å². The fourth-order valence-electron chi connectivity index (χ4n) is 4.10. The number of carboxylic acids is 1. The van der Waals surface area contributed by atoms with Gasteiger partial charge in [-0.3, -0.25) is 4.79 Å². The number of carbonyl (C=O) groups is 2. The van der Waals surface area contributed by atoms with Gasteiger partial charge in [0.25, 0.3) is 0 Å². The molecule has 0 spiro atoms. The lowest BCUT2D eigenvalue weighted by Gasteiger charge is -2.32. The van der Waals surface area contributed by atoms with Gasteiger partial charge < -0.3 is 19.9 Å². The molecule has 1 amide bonds. The maximum absolute atomic E-state index is 13.1. The van der Waals surface area contributed by atoms with Crippen molar-refractivity contribution in [2.45, 2.75) is 57.6 Å². The topological polar surface area (TPSA) is 103 Å².